The summed E-state index contributed by atoms with van der Waals surface area (Å²) in [6.07, 6.45) is 1.89. The van der Waals surface area contributed by atoms with Crippen molar-refractivity contribution >= 4 is 0 Å². The molecule has 0 radical (unpaired) electrons. The zero-order valence-corrected chi connectivity index (χ0v) is 8.04. The molecule has 0 aliphatic carbocycles. The molecule has 0 saturated heterocycles. The van der Waals surface area contributed by atoms with Gasteiger partial charge in [-0.05, 0) is 26.3 Å². The molecule has 0 saturated carbocycles. The van der Waals surface area contributed by atoms with E-state index < -0.39 is 0 Å². The Kier molecular flexibility index (Phi) is 2.87. The highest BCUT2D eigenvalue weighted by molar-refractivity contribution is 5.08. The van der Waals surface area contributed by atoms with Gasteiger partial charge < -0.3 is 10.3 Å². The van der Waals surface area contributed by atoms with Crippen LogP contribution in [0, 0.1) is 19.8 Å². The zero-order chi connectivity index (χ0) is 9.14. The first-order chi connectivity index (χ1) is 5.65. The maximum atomic E-state index is 5.54. The molecule has 0 aliphatic heterocycles. The minimum absolute atomic E-state index is 0.525. The number of hydrogen-bond acceptors (Lipinski definition) is 2. The smallest absolute Gasteiger partial charge is 0.0951 e. The highest BCUT2D eigenvalue weighted by Crippen LogP contribution is 2.06. The van der Waals surface area contributed by atoms with Gasteiger partial charge in [0.05, 0.1) is 12.0 Å². The molecule has 1 unspecified atom stereocenters. The van der Waals surface area contributed by atoms with Crippen LogP contribution in [0.25, 0.3) is 0 Å². The van der Waals surface area contributed by atoms with Crippen molar-refractivity contribution in [1.82, 2.24) is 9.55 Å². The van der Waals surface area contributed by atoms with Crippen LogP contribution in [0.15, 0.2) is 6.33 Å². The number of imidazole rings is 1. The second kappa shape index (κ2) is 3.72. The van der Waals surface area contributed by atoms with Gasteiger partial charge in [-0.3, -0.25) is 0 Å². The fraction of sp³-hybridized carbons (Fsp3) is 0.667. The molecule has 1 atom stereocenters. The monoisotopic (exact) mass is 167 g/mol. The van der Waals surface area contributed by atoms with Gasteiger partial charge in [0, 0.05) is 12.2 Å². The molecule has 0 spiro atoms. The molecule has 1 aromatic heterocycles. The van der Waals surface area contributed by atoms with E-state index in [0.29, 0.717) is 5.92 Å². The predicted octanol–water partition coefficient (Wildman–Crippen LogP) is 1.09. The quantitative estimate of drug-likeness (QED) is 0.732. The van der Waals surface area contributed by atoms with E-state index >= 15 is 0 Å². The van der Waals surface area contributed by atoms with Gasteiger partial charge in [0.1, 0.15) is 0 Å². The van der Waals surface area contributed by atoms with Crippen LogP contribution in [0.2, 0.25) is 0 Å². The highest BCUT2D eigenvalue weighted by atomic mass is 15.1. The van der Waals surface area contributed by atoms with E-state index in [1.807, 2.05) is 13.3 Å². The zero-order valence-electron chi connectivity index (χ0n) is 8.04. The molecule has 0 bridgehead atoms. The van der Waals surface area contributed by atoms with E-state index in [2.05, 4.69) is 23.4 Å². The standard InChI is InChI=1S/C9H17N3/c1-7(4-10)5-12-6-11-8(2)9(12)3/h6-7H,4-5,10H2,1-3H3. The highest BCUT2D eigenvalue weighted by Gasteiger charge is 2.04. The van der Waals surface area contributed by atoms with Crippen molar-refractivity contribution in [3.05, 3.63) is 17.7 Å². The van der Waals surface area contributed by atoms with Gasteiger partial charge in [0.15, 0.2) is 0 Å². The van der Waals surface area contributed by atoms with Gasteiger partial charge in [0.2, 0.25) is 0 Å². The van der Waals surface area contributed by atoms with E-state index in [-0.39, 0.29) is 0 Å². The average Bonchev–Trinajstić information content (AvgIpc) is 2.36. The number of hydrogen-bond donors (Lipinski definition) is 1. The van der Waals surface area contributed by atoms with Crippen LogP contribution in [0.1, 0.15) is 18.3 Å². The van der Waals surface area contributed by atoms with Crippen molar-refractivity contribution < 1.29 is 0 Å². The summed E-state index contributed by atoms with van der Waals surface area (Å²) in [5.41, 5.74) is 7.90. The van der Waals surface area contributed by atoms with E-state index in [9.17, 15) is 0 Å². The topological polar surface area (TPSA) is 43.8 Å². The minimum atomic E-state index is 0.525. The number of nitrogens with two attached hydrogens (primary N) is 1. The number of aryl methyl sites for hydroxylation is 1. The molecule has 68 valence electrons. The lowest BCUT2D eigenvalue weighted by Crippen LogP contribution is -2.17. The Bertz CT molecular complexity index is 252. The first kappa shape index (κ1) is 9.26. The third-order valence-electron chi connectivity index (χ3n) is 2.26. The third-order valence-corrected chi connectivity index (χ3v) is 2.26. The molecule has 0 fully saturated rings. The van der Waals surface area contributed by atoms with E-state index in [1.165, 1.54) is 5.69 Å². The first-order valence-electron chi connectivity index (χ1n) is 4.33. The maximum Gasteiger partial charge on any atom is 0.0951 e. The summed E-state index contributed by atoms with van der Waals surface area (Å²) >= 11 is 0. The Morgan fingerprint density at radius 3 is 2.67 bits per heavy atom. The SMILES string of the molecule is Cc1ncn(CC(C)CN)c1C. The minimum Gasteiger partial charge on any atom is -0.334 e. The Balaban J connectivity index is 2.69. The first-order valence-corrected chi connectivity index (χ1v) is 4.33. The Morgan fingerprint density at radius 1 is 1.58 bits per heavy atom. The second-order valence-electron chi connectivity index (χ2n) is 3.41. The Labute approximate surface area is 73.6 Å². The Morgan fingerprint density at radius 2 is 2.25 bits per heavy atom. The molecule has 1 heterocycles. The summed E-state index contributed by atoms with van der Waals surface area (Å²) in [4.78, 5) is 4.23. The summed E-state index contributed by atoms with van der Waals surface area (Å²) in [5.74, 6) is 0.525. The lowest BCUT2D eigenvalue weighted by atomic mass is 10.2. The van der Waals surface area contributed by atoms with Gasteiger partial charge in [-0.15, -0.1) is 0 Å². The fourth-order valence-corrected chi connectivity index (χ4v) is 1.14. The second-order valence-corrected chi connectivity index (χ2v) is 3.41. The summed E-state index contributed by atoms with van der Waals surface area (Å²) in [5, 5.41) is 0. The third kappa shape index (κ3) is 1.85. The van der Waals surface area contributed by atoms with Crippen LogP contribution in [0.5, 0.6) is 0 Å². The Hall–Kier alpha value is -0.830. The van der Waals surface area contributed by atoms with Crippen molar-refractivity contribution in [2.24, 2.45) is 11.7 Å². The van der Waals surface area contributed by atoms with E-state index in [4.69, 9.17) is 5.73 Å². The molecule has 1 aromatic rings. The van der Waals surface area contributed by atoms with Crippen molar-refractivity contribution in [3.8, 4) is 0 Å². The molecule has 3 heteroatoms. The molecule has 3 nitrogen and oxygen atoms in total. The number of rotatable bonds is 3. The van der Waals surface area contributed by atoms with Gasteiger partial charge in [-0.2, -0.15) is 0 Å². The largest absolute Gasteiger partial charge is 0.334 e. The molecule has 0 aromatic carbocycles. The molecule has 12 heavy (non-hydrogen) atoms. The van der Waals surface area contributed by atoms with Crippen LogP contribution in [-0.2, 0) is 6.54 Å². The predicted molar refractivity (Wildman–Crippen MR) is 49.9 cm³/mol. The molecule has 1 rings (SSSR count). The maximum absolute atomic E-state index is 5.54. The van der Waals surface area contributed by atoms with Gasteiger partial charge in [0.25, 0.3) is 0 Å². The van der Waals surface area contributed by atoms with Gasteiger partial charge >= 0.3 is 0 Å². The van der Waals surface area contributed by atoms with Crippen molar-refractivity contribution in [2.45, 2.75) is 27.3 Å². The van der Waals surface area contributed by atoms with Crippen molar-refractivity contribution in [1.29, 1.82) is 0 Å². The molecule has 2 N–H and O–H groups in total. The van der Waals surface area contributed by atoms with Crippen LogP contribution >= 0.6 is 0 Å². The summed E-state index contributed by atoms with van der Waals surface area (Å²) in [6.45, 7) is 7.97. The lowest BCUT2D eigenvalue weighted by Gasteiger charge is -2.10. The molecule has 0 aliphatic rings. The van der Waals surface area contributed by atoms with Crippen molar-refractivity contribution in [3.63, 3.8) is 0 Å². The molecular formula is C9H17N3. The van der Waals surface area contributed by atoms with Crippen LogP contribution in [0.4, 0.5) is 0 Å². The van der Waals surface area contributed by atoms with Crippen LogP contribution in [0.3, 0.4) is 0 Å². The normalized spacial score (nSPS) is 13.3. The van der Waals surface area contributed by atoms with Crippen molar-refractivity contribution in [2.75, 3.05) is 6.54 Å². The van der Waals surface area contributed by atoms with Gasteiger partial charge in [-0.25, -0.2) is 4.98 Å². The fourth-order valence-electron chi connectivity index (χ4n) is 1.14. The molecular weight excluding hydrogens is 150 g/mol. The van der Waals surface area contributed by atoms with Crippen LogP contribution in [-0.4, -0.2) is 16.1 Å². The average molecular weight is 167 g/mol. The van der Waals surface area contributed by atoms with E-state index in [0.717, 1.165) is 18.8 Å². The molecule has 0 amide bonds. The number of aromatic nitrogens is 2. The summed E-state index contributed by atoms with van der Waals surface area (Å²) < 4.78 is 2.16. The number of nitrogens with zero attached hydrogens (tertiary/aromatic N) is 2. The summed E-state index contributed by atoms with van der Waals surface area (Å²) in [7, 11) is 0. The van der Waals surface area contributed by atoms with Gasteiger partial charge in [-0.1, -0.05) is 6.92 Å². The van der Waals surface area contributed by atoms with E-state index in [1.54, 1.807) is 0 Å². The lowest BCUT2D eigenvalue weighted by molar-refractivity contribution is 0.485. The van der Waals surface area contributed by atoms with Crippen LogP contribution < -0.4 is 5.73 Å². The summed E-state index contributed by atoms with van der Waals surface area (Å²) in [6, 6.07) is 0.